The number of aromatic nitrogens is 1. The van der Waals surface area contributed by atoms with Crippen LogP contribution in [0.3, 0.4) is 0 Å². The molecule has 6 nitrogen and oxygen atoms in total. The van der Waals surface area contributed by atoms with E-state index in [9.17, 15) is 9.59 Å². The molecule has 1 aliphatic rings. The second kappa shape index (κ2) is 12.3. The highest BCUT2D eigenvalue weighted by atomic mass is 35.5. The van der Waals surface area contributed by atoms with Crippen molar-refractivity contribution in [1.29, 1.82) is 0 Å². The zero-order valence-corrected chi connectivity index (χ0v) is 17.2. The van der Waals surface area contributed by atoms with Gasteiger partial charge in [-0.05, 0) is 61.7 Å². The molecule has 3 N–H and O–H groups in total. The maximum atomic E-state index is 12.2. The molecule has 0 aliphatic carbocycles. The topological polar surface area (TPSA) is 83.1 Å². The summed E-state index contributed by atoms with van der Waals surface area (Å²) in [7, 11) is 0. The third kappa shape index (κ3) is 7.46. The van der Waals surface area contributed by atoms with E-state index in [4.69, 9.17) is 0 Å². The van der Waals surface area contributed by atoms with Gasteiger partial charge in [-0.1, -0.05) is 12.1 Å². The van der Waals surface area contributed by atoms with Crippen LogP contribution in [0.1, 0.15) is 35.2 Å². The molecule has 1 atom stereocenters. The number of hydrogen-bond donors (Lipinski definition) is 3. The summed E-state index contributed by atoms with van der Waals surface area (Å²) in [5.74, 6) is 0.509. The molecule has 2 amide bonds. The maximum Gasteiger partial charge on any atom is 0.255 e. The number of rotatable bonds is 7. The third-order valence-electron chi connectivity index (χ3n) is 4.56. The van der Waals surface area contributed by atoms with E-state index >= 15 is 0 Å². The van der Waals surface area contributed by atoms with Crippen molar-refractivity contribution in [3.8, 4) is 0 Å². The van der Waals surface area contributed by atoms with Crippen LogP contribution >= 0.6 is 24.8 Å². The fourth-order valence-corrected chi connectivity index (χ4v) is 3.05. The Balaban J connectivity index is 0.00000196. The van der Waals surface area contributed by atoms with Gasteiger partial charge in [-0.15, -0.1) is 24.8 Å². The molecule has 1 saturated heterocycles. The molecule has 2 heterocycles. The van der Waals surface area contributed by atoms with Gasteiger partial charge in [0.25, 0.3) is 5.91 Å². The van der Waals surface area contributed by atoms with E-state index in [0.717, 1.165) is 31.5 Å². The van der Waals surface area contributed by atoms with Gasteiger partial charge in [-0.25, -0.2) is 0 Å². The minimum absolute atomic E-state index is 0. The van der Waals surface area contributed by atoms with E-state index in [0.29, 0.717) is 30.1 Å². The lowest BCUT2D eigenvalue weighted by atomic mass is 10.0. The highest BCUT2D eigenvalue weighted by molar-refractivity contribution is 6.04. The first-order valence-corrected chi connectivity index (χ1v) is 8.98. The zero-order valence-electron chi connectivity index (χ0n) is 15.5. The number of halogens is 2. The highest BCUT2D eigenvalue weighted by Gasteiger charge is 2.15. The van der Waals surface area contributed by atoms with Gasteiger partial charge >= 0.3 is 0 Å². The van der Waals surface area contributed by atoms with Crippen molar-refractivity contribution in [3.63, 3.8) is 0 Å². The molecule has 28 heavy (non-hydrogen) atoms. The molecular weight excluding hydrogens is 399 g/mol. The number of carbonyl (C=O) groups is 2. The van der Waals surface area contributed by atoms with Gasteiger partial charge in [0.1, 0.15) is 0 Å². The number of amides is 2. The number of nitrogens with zero attached hydrogens (tertiary/aromatic N) is 1. The van der Waals surface area contributed by atoms with Crippen molar-refractivity contribution in [3.05, 3.63) is 59.9 Å². The van der Waals surface area contributed by atoms with Crippen LogP contribution in [0.15, 0.2) is 48.8 Å². The standard InChI is InChI=1S/C20H24N4O2.2ClH/c25-19(5-4-15-6-9-22-13-15)23-14-16-2-1-3-18(12-16)24-20(26)17-7-10-21-11-8-17;;/h1-3,7-8,10-12,15,22H,4-6,9,13-14H2,(H,23,25)(H,24,26);2*1H. The highest BCUT2D eigenvalue weighted by Crippen LogP contribution is 2.15. The number of hydrogen-bond acceptors (Lipinski definition) is 4. The molecule has 1 aliphatic heterocycles. The predicted octanol–water partition coefficient (Wildman–Crippen LogP) is 3.18. The lowest BCUT2D eigenvalue weighted by molar-refractivity contribution is -0.121. The van der Waals surface area contributed by atoms with E-state index in [-0.39, 0.29) is 36.6 Å². The van der Waals surface area contributed by atoms with Crippen molar-refractivity contribution in [1.82, 2.24) is 15.6 Å². The van der Waals surface area contributed by atoms with Crippen molar-refractivity contribution in [2.24, 2.45) is 5.92 Å². The van der Waals surface area contributed by atoms with Crippen LogP contribution in [0.25, 0.3) is 0 Å². The summed E-state index contributed by atoms with van der Waals surface area (Å²) < 4.78 is 0. The number of benzene rings is 1. The van der Waals surface area contributed by atoms with Gasteiger partial charge in [0, 0.05) is 36.6 Å². The first-order chi connectivity index (χ1) is 12.7. The van der Waals surface area contributed by atoms with Gasteiger partial charge in [0.15, 0.2) is 0 Å². The molecule has 0 spiro atoms. The smallest absolute Gasteiger partial charge is 0.255 e. The average Bonchev–Trinajstić information content (AvgIpc) is 3.19. The average molecular weight is 425 g/mol. The molecule has 0 bridgehead atoms. The van der Waals surface area contributed by atoms with Gasteiger partial charge in [-0.2, -0.15) is 0 Å². The third-order valence-corrected chi connectivity index (χ3v) is 4.56. The Labute approximate surface area is 177 Å². The Bertz CT molecular complexity index is 753. The van der Waals surface area contributed by atoms with Crippen LogP contribution in [0.5, 0.6) is 0 Å². The molecule has 1 fully saturated rings. The monoisotopic (exact) mass is 424 g/mol. The lowest BCUT2D eigenvalue weighted by Gasteiger charge is -2.10. The van der Waals surface area contributed by atoms with Gasteiger partial charge in [0.05, 0.1) is 0 Å². The largest absolute Gasteiger partial charge is 0.352 e. The van der Waals surface area contributed by atoms with Crippen LogP contribution in [0.2, 0.25) is 0 Å². The Hall–Kier alpha value is -2.15. The lowest BCUT2D eigenvalue weighted by Crippen LogP contribution is -2.23. The summed E-state index contributed by atoms with van der Waals surface area (Å²) in [4.78, 5) is 28.1. The number of nitrogens with one attached hydrogen (secondary N) is 3. The molecule has 8 heteroatoms. The molecule has 1 aromatic heterocycles. The fraction of sp³-hybridized carbons (Fsp3) is 0.350. The number of anilines is 1. The molecule has 0 radical (unpaired) electrons. The van der Waals surface area contributed by atoms with Crippen molar-refractivity contribution in [2.45, 2.75) is 25.8 Å². The molecule has 1 unspecified atom stereocenters. The molecule has 3 rings (SSSR count). The van der Waals surface area contributed by atoms with Gasteiger partial charge < -0.3 is 16.0 Å². The first-order valence-electron chi connectivity index (χ1n) is 8.98. The minimum Gasteiger partial charge on any atom is -0.352 e. The fourth-order valence-electron chi connectivity index (χ4n) is 3.05. The second-order valence-electron chi connectivity index (χ2n) is 6.56. The Morgan fingerprint density at radius 1 is 1.14 bits per heavy atom. The predicted molar refractivity (Wildman–Crippen MR) is 115 cm³/mol. The summed E-state index contributed by atoms with van der Waals surface area (Å²) >= 11 is 0. The van der Waals surface area contributed by atoms with Crippen molar-refractivity contribution >= 4 is 42.3 Å². The van der Waals surface area contributed by atoms with Crippen LogP contribution in [0.4, 0.5) is 5.69 Å². The van der Waals surface area contributed by atoms with E-state index < -0.39 is 0 Å². The second-order valence-corrected chi connectivity index (χ2v) is 6.56. The van der Waals surface area contributed by atoms with Gasteiger partial charge in [-0.3, -0.25) is 14.6 Å². The van der Waals surface area contributed by atoms with Crippen LogP contribution in [-0.2, 0) is 11.3 Å². The van der Waals surface area contributed by atoms with Crippen LogP contribution in [-0.4, -0.2) is 29.9 Å². The molecule has 0 saturated carbocycles. The first kappa shape index (κ1) is 23.9. The summed E-state index contributed by atoms with van der Waals surface area (Å²) in [6, 6.07) is 10.8. The molecular formula is C20H26Cl2N4O2. The van der Waals surface area contributed by atoms with Crippen LogP contribution < -0.4 is 16.0 Å². The molecule has 1 aromatic carbocycles. The molecule has 2 aromatic rings. The Morgan fingerprint density at radius 2 is 1.93 bits per heavy atom. The van der Waals surface area contributed by atoms with E-state index in [1.165, 1.54) is 0 Å². The maximum absolute atomic E-state index is 12.2. The van der Waals surface area contributed by atoms with Crippen molar-refractivity contribution < 1.29 is 9.59 Å². The summed E-state index contributed by atoms with van der Waals surface area (Å²) in [5.41, 5.74) is 2.21. The number of pyridine rings is 1. The SMILES string of the molecule is Cl.Cl.O=C(CCC1CCNC1)NCc1cccc(NC(=O)c2ccncc2)c1. The Kier molecular flexibility index (Phi) is 10.5. The van der Waals surface area contributed by atoms with Crippen molar-refractivity contribution in [2.75, 3.05) is 18.4 Å². The summed E-state index contributed by atoms with van der Waals surface area (Å²) in [6.07, 6.45) is 5.82. The molecule has 152 valence electrons. The van der Waals surface area contributed by atoms with E-state index in [2.05, 4.69) is 20.9 Å². The van der Waals surface area contributed by atoms with E-state index in [1.54, 1.807) is 24.5 Å². The normalized spacial score (nSPS) is 15.1. The zero-order chi connectivity index (χ0) is 18.2. The number of carbonyl (C=O) groups excluding carboxylic acids is 2. The van der Waals surface area contributed by atoms with Crippen LogP contribution in [0, 0.1) is 5.92 Å². The quantitative estimate of drug-likeness (QED) is 0.637. The minimum atomic E-state index is -0.182. The Morgan fingerprint density at radius 3 is 2.64 bits per heavy atom. The van der Waals surface area contributed by atoms with E-state index in [1.807, 2.05) is 24.3 Å². The summed E-state index contributed by atoms with van der Waals surface area (Å²) in [6.45, 7) is 2.54. The van der Waals surface area contributed by atoms with Gasteiger partial charge in [0.2, 0.25) is 5.91 Å². The summed E-state index contributed by atoms with van der Waals surface area (Å²) in [5, 5.41) is 9.13.